The molecule has 2 N–H and O–H groups in total. The number of nitrogens with zero attached hydrogens (tertiary/aromatic N) is 2. The van der Waals surface area contributed by atoms with Crippen molar-refractivity contribution in [1.82, 2.24) is 20.4 Å². The van der Waals surface area contributed by atoms with Crippen molar-refractivity contribution in [3.05, 3.63) is 78.1 Å². The highest BCUT2D eigenvalue weighted by Crippen LogP contribution is 2.28. The van der Waals surface area contributed by atoms with Gasteiger partial charge in [0.05, 0.1) is 12.1 Å². The monoisotopic (exact) mass is 360 g/mol. The lowest BCUT2D eigenvalue weighted by Gasteiger charge is -2.17. The lowest BCUT2D eigenvalue weighted by atomic mass is 9.90. The maximum atomic E-state index is 12.7. The van der Waals surface area contributed by atoms with Gasteiger partial charge in [-0.25, -0.2) is 0 Å². The molecule has 2 heterocycles. The van der Waals surface area contributed by atoms with E-state index < -0.39 is 0 Å². The van der Waals surface area contributed by atoms with Gasteiger partial charge in [0.25, 0.3) is 0 Å². The van der Waals surface area contributed by atoms with Gasteiger partial charge in [-0.3, -0.25) is 9.48 Å². The molecular weight excluding hydrogens is 336 g/mol. The van der Waals surface area contributed by atoms with Crippen molar-refractivity contribution in [3.8, 4) is 11.1 Å². The average molecular weight is 360 g/mol. The van der Waals surface area contributed by atoms with Gasteiger partial charge in [-0.05, 0) is 22.3 Å². The second kappa shape index (κ2) is 7.76. The molecule has 1 fully saturated rings. The standard InChI is InChI=1S/C22H24N4O/c1-26-15-19(12-25-26)20-13-23-14-21(20)22(27)24-11-16-7-9-18(10-8-16)17-5-3-2-4-6-17/h2-10,12,15,20-21,23H,11,13-14H2,1H3,(H,24,27)/t20-,21+/m1/s1. The molecule has 0 unspecified atom stereocenters. The van der Waals surface area contributed by atoms with Crippen LogP contribution in [-0.4, -0.2) is 28.8 Å². The van der Waals surface area contributed by atoms with Crippen LogP contribution in [0.5, 0.6) is 0 Å². The van der Waals surface area contributed by atoms with E-state index in [1.165, 1.54) is 11.1 Å². The quantitative estimate of drug-likeness (QED) is 0.735. The summed E-state index contributed by atoms with van der Waals surface area (Å²) in [5.41, 5.74) is 4.61. The predicted octanol–water partition coefficient (Wildman–Crippen LogP) is 2.71. The highest BCUT2D eigenvalue weighted by atomic mass is 16.1. The number of aromatic nitrogens is 2. The molecule has 2 aromatic carbocycles. The van der Waals surface area contributed by atoms with Crippen molar-refractivity contribution in [2.45, 2.75) is 12.5 Å². The Kier molecular flexibility index (Phi) is 5.03. The van der Waals surface area contributed by atoms with Crippen molar-refractivity contribution < 1.29 is 4.79 Å². The van der Waals surface area contributed by atoms with Gasteiger partial charge in [0, 0.05) is 38.8 Å². The van der Waals surface area contributed by atoms with Gasteiger partial charge >= 0.3 is 0 Å². The molecule has 1 aliphatic heterocycles. The Hall–Kier alpha value is -2.92. The number of amides is 1. The van der Waals surface area contributed by atoms with Crippen LogP contribution in [0.1, 0.15) is 17.0 Å². The third-order valence-corrected chi connectivity index (χ3v) is 5.23. The number of hydrogen-bond donors (Lipinski definition) is 2. The van der Waals surface area contributed by atoms with E-state index in [9.17, 15) is 4.79 Å². The van der Waals surface area contributed by atoms with Crippen molar-refractivity contribution in [1.29, 1.82) is 0 Å². The Labute approximate surface area is 159 Å². The van der Waals surface area contributed by atoms with Crippen LogP contribution in [0.4, 0.5) is 0 Å². The summed E-state index contributed by atoms with van der Waals surface area (Å²) in [6, 6.07) is 18.7. The third-order valence-electron chi connectivity index (χ3n) is 5.23. The number of nitrogens with one attached hydrogen (secondary N) is 2. The zero-order chi connectivity index (χ0) is 18.6. The second-order valence-electron chi connectivity index (χ2n) is 7.10. The maximum Gasteiger partial charge on any atom is 0.225 e. The molecule has 1 amide bonds. The van der Waals surface area contributed by atoms with E-state index >= 15 is 0 Å². The Morgan fingerprint density at radius 1 is 1.11 bits per heavy atom. The van der Waals surface area contributed by atoms with Crippen molar-refractivity contribution in [2.24, 2.45) is 13.0 Å². The Bertz CT molecular complexity index is 902. The van der Waals surface area contributed by atoms with Gasteiger partial charge in [-0.15, -0.1) is 0 Å². The first-order valence-electron chi connectivity index (χ1n) is 9.32. The molecule has 27 heavy (non-hydrogen) atoms. The van der Waals surface area contributed by atoms with Crippen molar-refractivity contribution in [2.75, 3.05) is 13.1 Å². The summed E-state index contributed by atoms with van der Waals surface area (Å²) in [5.74, 6) is 0.220. The van der Waals surface area contributed by atoms with Gasteiger partial charge in [-0.2, -0.15) is 5.10 Å². The van der Waals surface area contributed by atoms with Crippen LogP contribution in [0, 0.1) is 5.92 Å². The van der Waals surface area contributed by atoms with Gasteiger partial charge in [0.15, 0.2) is 0 Å². The lowest BCUT2D eigenvalue weighted by Crippen LogP contribution is -2.33. The highest BCUT2D eigenvalue weighted by molar-refractivity contribution is 5.80. The van der Waals surface area contributed by atoms with Crippen LogP contribution in [-0.2, 0) is 18.4 Å². The summed E-state index contributed by atoms with van der Waals surface area (Å²) in [6.07, 6.45) is 3.86. The molecule has 138 valence electrons. The molecular formula is C22H24N4O. The fourth-order valence-electron chi connectivity index (χ4n) is 3.70. The van der Waals surface area contributed by atoms with E-state index in [1.54, 1.807) is 4.68 Å². The number of hydrogen-bond acceptors (Lipinski definition) is 3. The third kappa shape index (κ3) is 3.93. The number of rotatable bonds is 5. The Balaban J connectivity index is 1.37. The van der Waals surface area contributed by atoms with Gasteiger partial charge < -0.3 is 10.6 Å². The maximum absolute atomic E-state index is 12.7. The first-order valence-corrected chi connectivity index (χ1v) is 9.32. The Morgan fingerprint density at radius 3 is 2.56 bits per heavy atom. The van der Waals surface area contributed by atoms with Crippen LogP contribution >= 0.6 is 0 Å². The number of carbonyl (C=O) groups is 1. The number of benzene rings is 2. The van der Waals surface area contributed by atoms with E-state index in [0.717, 1.165) is 17.7 Å². The minimum Gasteiger partial charge on any atom is -0.352 e. The lowest BCUT2D eigenvalue weighted by molar-refractivity contribution is -0.125. The fourth-order valence-corrected chi connectivity index (χ4v) is 3.70. The summed E-state index contributed by atoms with van der Waals surface area (Å²) in [4.78, 5) is 12.7. The molecule has 5 nitrogen and oxygen atoms in total. The molecule has 0 aliphatic carbocycles. The highest BCUT2D eigenvalue weighted by Gasteiger charge is 2.34. The van der Waals surface area contributed by atoms with Crippen molar-refractivity contribution >= 4 is 5.91 Å². The van der Waals surface area contributed by atoms with Gasteiger partial charge in [-0.1, -0.05) is 54.6 Å². The largest absolute Gasteiger partial charge is 0.352 e. The first kappa shape index (κ1) is 17.5. The topological polar surface area (TPSA) is 59.0 Å². The average Bonchev–Trinajstić information content (AvgIpc) is 3.36. The molecule has 0 spiro atoms. The summed E-state index contributed by atoms with van der Waals surface area (Å²) < 4.78 is 1.79. The molecule has 0 radical (unpaired) electrons. The van der Waals surface area contributed by atoms with Gasteiger partial charge in [0.1, 0.15) is 0 Å². The number of aryl methyl sites for hydroxylation is 1. The molecule has 4 rings (SSSR count). The SMILES string of the molecule is Cn1cc([C@H]2CNC[C@@H]2C(=O)NCc2ccc(-c3ccccc3)cc2)cn1. The minimum atomic E-state index is -0.0576. The first-order chi connectivity index (χ1) is 13.2. The molecule has 1 aliphatic rings. The van der Waals surface area contributed by atoms with E-state index in [2.05, 4.69) is 52.1 Å². The smallest absolute Gasteiger partial charge is 0.225 e. The van der Waals surface area contributed by atoms with Crippen LogP contribution in [0.25, 0.3) is 11.1 Å². The zero-order valence-electron chi connectivity index (χ0n) is 15.4. The fraction of sp³-hybridized carbons (Fsp3) is 0.273. The van der Waals surface area contributed by atoms with Gasteiger partial charge in [0.2, 0.25) is 5.91 Å². The molecule has 1 saturated heterocycles. The Morgan fingerprint density at radius 2 is 1.85 bits per heavy atom. The summed E-state index contributed by atoms with van der Waals surface area (Å²) in [6.45, 7) is 2.07. The van der Waals surface area contributed by atoms with E-state index in [-0.39, 0.29) is 17.7 Å². The normalized spacial score (nSPS) is 19.1. The summed E-state index contributed by atoms with van der Waals surface area (Å²) >= 11 is 0. The molecule has 0 saturated carbocycles. The van der Waals surface area contributed by atoms with Crippen LogP contribution in [0.2, 0.25) is 0 Å². The molecule has 0 bridgehead atoms. The molecule has 5 heteroatoms. The van der Waals surface area contributed by atoms with Crippen LogP contribution in [0.3, 0.4) is 0 Å². The summed E-state index contributed by atoms with van der Waals surface area (Å²) in [7, 11) is 1.90. The molecule has 3 aromatic rings. The van der Waals surface area contributed by atoms with E-state index in [0.29, 0.717) is 13.1 Å². The second-order valence-corrected chi connectivity index (χ2v) is 7.10. The minimum absolute atomic E-state index is 0.0576. The molecule has 1 aromatic heterocycles. The molecule has 2 atom stereocenters. The van der Waals surface area contributed by atoms with E-state index in [4.69, 9.17) is 0 Å². The van der Waals surface area contributed by atoms with Crippen LogP contribution in [0.15, 0.2) is 67.0 Å². The summed E-state index contributed by atoms with van der Waals surface area (Å²) in [5, 5.41) is 10.7. The number of carbonyl (C=O) groups excluding carboxylic acids is 1. The van der Waals surface area contributed by atoms with E-state index in [1.807, 2.05) is 37.6 Å². The predicted molar refractivity (Wildman–Crippen MR) is 106 cm³/mol. The van der Waals surface area contributed by atoms with Crippen molar-refractivity contribution in [3.63, 3.8) is 0 Å². The van der Waals surface area contributed by atoms with Crippen LogP contribution < -0.4 is 10.6 Å². The zero-order valence-corrected chi connectivity index (χ0v) is 15.4.